The first kappa shape index (κ1) is 14.9. The first-order valence-electron chi connectivity index (χ1n) is 7.62. The van der Waals surface area contributed by atoms with Gasteiger partial charge in [0.1, 0.15) is 5.75 Å². The van der Waals surface area contributed by atoms with E-state index in [1.54, 1.807) is 0 Å². The van der Waals surface area contributed by atoms with Gasteiger partial charge < -0.3 is 10.1 Å². The van der Waals surface area contributed by atoms with Crippen LogP contribution in [0.5, 0.6) is 5.75 Å². The third kappa shape index (κ3) is 4.55. The number of carbonyl (C=O) groups excluding carboxylic acids is 1. The first-order chi connectivity index (χ1) is 9.65. The normalized spacial score (nSPS) is 15.9. The second-order valence-electron chi connectivity index (χ2n) is 5.84. The molecule has 0 aliphatic heterocycles. The Labute approximate surface area is 121 Å². The molecular formula is C17H25NO2. The maximum absolute atomic E-state index is 11.8. The molecular weight excluding hydrogens is 250 g/mol. The topological polar surface area (TPSA) is 38.3 Å². The van der Waals surface area contributed by atoms with Crippen molar-refractivity contribution in [3.63, 3.8) is 0 Å². The first-order valence-corrected chi connectivity index (χ1v) is 7.62. The Morgan fingerprint density at radius 3 is 2.65 bits per heavy atom. The van der Waals surface area contributed by atoms with Crippen LogP contribution in [0.2, 0.25) is 0 Å². The highest BCUT2D eigenvalue weighted by atomic mass is 16.5. The fourth-order valence-electron chi connectivity index (χ4n) is 2.65. The summed E-state index contributed by atoms with van der Waals surface area (Å²) < 4.78 is 5.53. The molecule has 0 atom stereocenters. The number of hydrogen-bond donors (Lipinski definition) is 1. The maximum atomic E-state index is 11.8. The van der Waals surface area contributed by atoms with E-state index in [9.17, 15) is 4.79 Å². The van der Waals surface area contributed by atoms with E-state index in [1.165, 1.54) is 43.2 Å². The maximum Gasteiger partial charge on any atom is 0.257 e. The van der Waals surface area contributed by atoms with Crippen LogP contribution in [0.3, 0.4) is 0 Å². The Kier molecular flexibility index (Phi) is 5.45. The lowest BCUT2D eigenvalue weighted by atomic mass is 9.89. The molecule has 3 nitrogen and oxygen atoms in total. The van der Waals surface area contributed by atoms with E-state index in [4.69, 9.17) is 4.74 Å². The van der Waals surface area contributed by atoms with Crippen molar-refractivity contribution in [2.24, 2.45) is 5.92 Å². The lowest BCUT2D eigenvalue weighted by Crippen LogP contribution is -2.33. The van der Waals surface area contributed by atoms with E-state index < -0.39 is 0 Å². The van der Waals surface area contributed by atoms with E-state index in [1.807, 2.05) is 25.1 Å². The van der Waals surface area contributed by atoms with Crippen molar-refractivity contribution in [1.29, 1.82) is 0 Å². The lowest BCUT2D eigenvalue weighted by molar-refractivity contribution is -0.123. The molecule has 2 rings (SSSR count). The zero-order valence-electron chi connectivity index (χ0n) is 12.6. The summed E-state index contributed by atoms with van der Waals surface area (Å²) in [5.41, 5.74) is 2.42. The van der Waals surface area contributed by atoms with Gasteiger partial charge in [-0.25, -0.2) is 0 Å². The Bertz CT molecular complexity index is 450. The number of aryl methyl sites for hydroxylation is 2. The zero-order valence-corrected chi connectivity index (χ0v) is 12.6. The van der Waals surface area contributed by atoms with Gasteiger partial charge in [-0.05, 0) is 55.9 Å². The third-order valence-corrected chi connectivity index (χ3v) is 4.16. The average Bonchev–Trinajstić information content (AvgIpc) is 2.47. The van der Waals surface area contributed by atoms with Gasteiger partial charge in [-0.3, -0.25) is 4.79 Å². The van der Waals surface area contributed by atoms with Gasteiger partial charge in [0.05, 0.1) is 0 Å². The minimum atomic E-state index is -0.0196. The van der Waals surface area contributed by atoms with Gasteiger partial charge in [0, 0.05) is 6.54 Å². The molecule has 1 saturated carbocycles. The highest BCUT2D eigenvalue weighted by Gasteiger charge is 2.14. The van der Waals surface area contributed by atoms with Crippen LogP contribution in [0.25, 0.3) is 0 Å². The second-order valence-corrected chi connectivity index (χ2v) is 5.84. The lowest BCUT2D eigenvalue weighted by Gasteiger charge is -2.21. The fourth-order valence-corrected chi connectivity index (χ4v) is 2.65. The molecule has 1 N–H and O–H groups in total. The summed E-state index contributed by atoms with van der Waals surface area (Å²) in [4.78, 5) is 11.8. The molecule has 20 heavy (non-hydrogen) atoms. The number of nitrogens with one attached hydrogen (secondary N) is 1. The molecule has 0 unspecified atom stereocenters. The van der Waals surface area contributed by atoms with Gasteiger partial charge in [-0.15, -0.1) is 0 Å². The molecule has 1 aliphatic carbocycles. The number of hydrogen-bond acceptors (Lipinski definition) is 2. The number of carbonyl (C=O) groups is 1. The van der Waals surface area contributed by atoms with Crippen molar-refractivity contribution in [3.8, 4) is 5.75 Å². The molecule has 0 heterocycles. The van der Waals surface area contributed by atoms with Crippen LogP contribution < -0.4 is 10.1 Å². The van der Waals surface area contributed by atoms with Crippen LogP contribution in [0.15, 0.2) is 18.2 Å². The van der Waals surface area contributed by atoms with Gasteiger partial charge >= 0.3 is 0 Å². The Hall–Kier alpha value is -1.51. The van der Waals surface area contributed by atoms with E-state index in [2.05, 4.69) is 12.2 Å². The van der Waals surface area contributed by atoms with Crippen LogP contribution in [0, 0.1) is 19.8 Å². The Morgan fingerprint density at radius 1 is 1.20 bits per heavy atom. The van der Waals surface area contributed by atoms with Crippen molar-refractivity contribution in [3.05, 3.63) is 29.3 Å². The molecule has 0 radical (unpaired) electrons. The molecule has 1 amide bonds. The summed E-state index contributed by atoms with van der Waals surface area (Å²) in [6.45, 7) is 5.02. The van der Waals surface area contributed by atoms with Crippen LogP contribution in [0.4, 0.5) is 0 Å². The number of amides is 1. The molecule has 1 fully saturated rings. The number of ether oxygens (including phenoxy) is 1. The molecule has 0 aromatic heterocycles. The summed E-state index contributed by atoms with van der Waals surface area (Å²) in [5.74, 6) is 1.41. The van der Waals surface area contributed by atoms with E-state index in [0.717, 1.165) is 12.3 Å². The van der Waals surface area contributed by atoms with Crippen LogP contribution in [0.1, 0.15) is 43.2 Å². The van der Waals surface area contributed by atoms with Crippen molar-refractivity contribution >= 4 is 5.91 Å². The molecule has 0 spiro atoms. The highest BCUT2D eigenvalue weighted by Crippen LogP contribution is 2.22. The SMILES string of the molecule is Cc1ccc(OCC(=O)NCC2CCCCC2)cc1C. The summed E-state index contributed by atoms with van der Waals surface area (Å²) in [5, 5.41) is 2.98. The number of rotatable bonds is 5. The van der Waals surface area contributed by atoms with Gasteiger partial charge in [-0.1, -0.05) is 25.3 Å². The van der Waals surface area contributed by atoms with Crippen LogP contribution in [-0.4, -0.2) is 19.1 Å². The quantitative estimate of drug-likeness (QED) is 0.894. The largest absolute Gasteiger partial charge is 0.484 e. The van der Waals surface area contributed by atoms with Gasteiger partial charge in [0.25, 0.3) is 5.91 Å². The summed E-state index contributed by atoms with van der Waals surface area (Å²) in [6.07, 6.45) is 6.45. The third-order valence-electron chi connectivity index (χ3n) is 4.16. The minimum Gasteiger partial charge on any atom is -0.484 e. The molecule has 1 aliphatic rings. The van der Waals surface area contributed by atoms with Crippen LogP contribution >= 0.6 is 0 Å². The number of benzene rings is 1. The van der Waals surface area contributed by atoms with E-state index in [0.29, 0.717) is 5.92 Å². The van der Waals surface area contributed by atoms with E-state index in [-0.39, 0.29) is 12.5 Å². The predicted octanol–water partition coefficient (Wildman–Crippen LogP) is 3.38. The van der Waals surface area contributed by atoms with Crippen molar-refractivity contribution < 1.29 is 9.53 Å². The monoisotopic (exact) mass is 275 g/mol. The van der Waals surface area contributed by atoms with E-state index >= 15 is 0 Å². The van der Waals surface area contributed by atoms with Crippen LogP contribution in [-0.2, 0) is 4.79 Å². The molecule has 1 aromatic rings. The van der Waals surface area contributed by atoms with Gasteiger partial charge in [0.2, 0.25) is 0 Å². The standard InChI is InChI=1S/C17H25NO2/c1-13-8-9-16(10-14(13)2)20-12-17(19)18-11-15-6-4-3-5-7-15/h8-10,15H,3-7,11-12H2,1-2H3,(H,18,19). The molecule has 1 aromatic carbocycles. The second kappa shape index (κ2) is 7.32. The average molecular weight is 275 g/mol. The molecule has 0 saturated heterocycles. The van der Waals surface area contributed by atoms with Gasteiger partial charge in [-0.2, -0.15) is 0 Å². The summed E-state index contributed by atoms with van der Waals surface area (Å²) in [6, 6.07) is 5.91. The molecule has 3 heteroatoms. The highest BCUT2D eigenvalue weighted by molar-refractivity contribution is 5.77. The van der Waals surface area contributed by atoms with Crippen molar-refractivity contribution in [1.82, 2.24) is 5.32 Å². The zero-order chi connectivity index (χ0) is 14.4. The summed E-state index contributed by atoms with van der Waals surface area (Å²) in [7, 11) is 0. The molecule has 110 valence electrons. The minimum absolute atomic E-state index is 0.0196. The Balaban J connectivity index is 1.70. The molecule has 0 bridgehead atoms. The summed E-state index contributed by atoms with van der Waals surface area (Å²) >= 11 is 0. The fraction of sp³-hybridized carbons (Fsp3) is 0.588. The van der Waals surface area contributed by atoms with Crippen molar-refractivity contribution in [2.75, 3.05) is 13.2 Å². The Morgan fingerprint density at radius 2 is 1.95 bits per heavy atom. The smallest absolute Gasteiger partial charge is 0.257 e. The van der Waals surface area contributed by atoms with Gasteiger partial charge in [0.15, 0.2) is 6.61 Å². The van der Waals surface area contributed by atoms with Crippen molar-refractivity contribution in [2.45, 2.75) is 46.0 Å². The predicted molar refractivity (Wildman–Crippen MR) is 81.0 cm³/mol.